The molecule has 2 aromatic rings. The van der Waals surface area contributed by atoms with Crippen molar-refractivity contribution in [2.45, 2.75) is 6.18 Å². The summed E-state index contributed by atoms with van der Waals surface area (Å²) in [6.45, 7) is 0. The summed E-state index contributed by atoms with van der Waals surface area (Å²) < 4.78 is 37.3. The van der Waals surface area contributed by atoms with Crippen molar-refractivity contribution >= 4 is 23.3 Å². The maximum absolute atomic E-state index is 12.4. The van der Waals surface area contributed by atoms with Gasteiger partial charge >= 0.3 is 11.9 Å². The number of halogens is 3. The standard InChI is InChI=1S/C14H9F3N4O4/c15-14(16,17)10-3-1-9(2-4-10)8-18-19-12-6-5-11(20(22)23)7-13(12)21(24)25/h1-8,19H/b18-8-. The molecule has 0 unspecified atom stereocenters. The minimum absolute atomic E-state index is 0.0984. The first-order valence-electron chi connectivity index (χ1n) is 6.57. The van der Waals surface area contributed by atoms with Gasteiger partial charge in [-0.1, -0.05) is 12.1 Å². The monoisotopic (exact) mass is 354 g/mol. The largest absolute Gasteiger partial charge is 0.416 e. The number of benzene rings is 2. The highest BCUT2D eigenvalue weighted by atomic mass is 19.4. The van der Waals surface area contributed by atoms with Crippen LogP contribution in [0.4, 0.5) is 30.2 Å². The average molecular weight is 354 g/mol. The van der Waals surface area contributed by atoms with Crippen LogP contribution in [0.2, 0.25) is 0 Å². The zero-order valence-corrected chi connectivity index (χ0v) is 12.2. The lowest BCUT2D eigenvalue weighted by Crippen LogP contribution is -2.04. The first-order chi connectivity index (χ1) is 11.7. The van der Waals surface area contributed by atoms with Gasteiger partial charge in [0, 0.05) is 6.07 Å². The summed E-state index contributed by atoms with van der Waals surface area (Å²) in [5, 5.41) is 25.3. The highest BCUT2D eigenvalue weighted by Crippen LogP contribution is 2.30. The van der Waals surface area contributed by atoms with E-state index in [1.165, 1.54) is 12.1 Å². The fraction of sp³-hybridized carbons (Fsp3) is 0.0714. The van der Waals surface area contributed by atoms with Crippen molar-refractivity contribution in [2.75, 3.05) is 5.43 Å². The number of nitro benzene ring substituents is 2. The molecule has 0 heterocycles. The van der Waals surface area contributed by atoms with Gasteiger partial charge in [0.15, 0.2) is 0 Å². The Hall–Kier alpha value is -3.50. The van der Waals surface area contributed by atoms with Crippen LogP contribution in [0.3, 0.4) is 0 Å². The van der Waals surface area contributed by atoms with E-state index in [-0.39, 0.29) is 5.69 Å². The molecule has 0 aliphatic carbocycles. The molecule has 0 saturated carbocycles. The molecular weight excluding hydrogens is 345 g/mol. The summed E-state index contributed by atoms with van der Waals surface area (Å²) >= 11 is 0. The smallest absolute Gasteiger partial charge is 0.272 e. The van der Waals surface area contributed by atoms with Gasteiger partial charge in [0.25, 0.3) is 5.69 Å². The van der Waals surface area contributed by atoms with Crippen LogP contribution in [0.25, 0.3) is 0 Å². The van der Waals surface area contributed by atoms with Crippen molar-refractivity contribution in [3.63, 3.8) is 0 Å². The number of nitrogens with one attached hydrogen (secondary N) is 1. The van der Waals surface area contributed by atoms with E-state index >= 15 is 0 Å². The van der Waals surface area contributed by atoms with Crippen molar-refractivity contribution in [1.29, 1.82) is 0 Å². The van der Waals surface area contributed by atoms with Crippen LogP contribution in [0.5, 0.6) is 0 Å². The molecule has 8 nitrogen and oxygen atoms in total. The maximum Gasteiger partial charge on any atom is 0.416 e. The number of rotatable bonds is 5. The number of hydrogen-bond donors (Lipinski definition) is 1. The molecule has 0 aromatic heterocycles. The molecule has 25 heavy (non-hydrogen) atoms. The van der Waals surface area contributed by atoms with Gasteiger partial charge in [-0.3, -0.25) is 25.7 Å². The number of nitro groups is 2. The van der Waals surface area contributed by atoms with E-state index in [2.05, 4.69) is 10.5 Å². The minimum Gasteiger partial charge on any atom is -0.272 e. The molecule has 0 saturated heterocycles. The Balaban J connectivity index is 2.16. The van der Waals surface area contributed by atoms with Crippen molar-refractivity contribution in [1.82, 2.24) is 0 Å². The third-order valence-electron chi connectivity index (χ3n) is 3.03. The molecule has 0 radical (unpaired) electrons. The molecule has 0 aliphatic rings. The van der Waals surface area contributed by atoms with Gasteiger partial charge in [0.05, 0.1) is 27.7 Å². The van der Waals surface area contributed by atoms with Gasteiger partial charge in [-0.05, 0) is 23.8 Å². The SMILES string of the molecule is O=[N+]([O-])c1ccc(N/N=C\c2ccc(C(F)(F)F)cc2)c([N+](=O)[O-])c1. The Kier molecular flexibility index (Phi) is 4.96. The van der Waals surface area contributed by atoms with E-state index in [9.17, 15) is 33.4 Å². The number of nitrogens with zero attached hydrogens (tertiary/aromatic N) is 3. The highest BCUT2D eigenvalue weighted by Gasteiger charge is 2.29. The van der Waals surface area contributed by atoms with Gasteiger partial charge in [-0.2, -0.15) is 18.3 Å². The van der Waals surface area contributed by atoms with E-state index in [4.69, 9.17) is 0 Å². The van der Waals surface area contributed by atoms with Gasteiger partial charge in [-0.25, -0.2) is 0 Å². The normalized spacial score (nSPS) is 11.5. The number of anilines is 1. The van der Waals surface area contributed by atoms with E-state index < -0.39 is 33.0 Å². The zero-order chi connectivity index (χ0) is 18.6. The maximum atomic E-state index is 12.4. The van der Waals surface area contributed by atoms with Crippen LogP contribution in [-0.4, -0.2) is 16.1 Å². The molecule has 0 amide bonds. The summed E-state index contributed by atoms with van der Waals surface area (Å²) in [7, 11) is 0. The molecule has 0 spiro atoms. The van der Waals surface area contributed by atoms with Gasteiger partial charge in [-0.15, -0.1) is 0 Å². The van der Waals surface area contributed by atoms with Crippen molar-refractivity contribution < 1.29 is 23.0 Å². The second kappa shape index (κ2) is 6.95. The number of alkyl halides is 3. The Morgan fingerprint density at radius 3 is 2.16 bits per heavy atom. The highest BCUT2D eigenvalue weighted by molar-refractivity contribution is 5.80. The van der Waals surface area contributed by atoms with Crippen LogP contribution in [0, 0.1) is 20.2 Å². The van der Waals surface area contributed by atoms with Gasteiger partial charge in [0.1, 0.15) is 5.69 Å². The molecule has 0 aliphatic heterocycles. The summed E-state index contributed by atoms with van der Waals surface area (Å²) in [6, 6.07) is 7.04. The fourth-order valence-electron chi connectivity index (χ4n) is 1.81. The van der Waals surface area contributed by atoms with Gasteiger partial charge in [0.2, 0.25) is 0 Å². The first kappa shape index (κ1) is 17.8. The summed E-state index contributed by atoms with van der Waals surface area (Å²) in [5.74, 6) is 0. The van der Waals surface area contributed by atoms with Crippen molar-refractivity contribution in [3.05, 3.63) is 73.8 Å². The summed E-state index contributed by atoms with van der Waals surface area (Å²) in [4.78, 5) is 20.0. The summed E-state index contributed by atoms with van der Waals surface area (Å²) in [5.41, 5.74) is 0.735. The molecule has 1 N–H and O–H groups in total. The predicted molar refractivity (Wildman–Crippen MR) is 82.4 cm³/mol. The lowest BCUT2D eigenvalue weighted by molar-refractivity contribution is -0.393. The van der Waals surface area contributed by atoms with E-state index in [1.807, 2.05) is 0 Å². The third kappa shape index (κ3) is 4.50. The Morgan fingerprint density at radius 2 is 1.64 bits per heavy atom. The van der Waals surface area contributed by atoms with E-state index in [0.717, 1.165) is 36.5 Å². The number of non-ortho nitro benzene ring substituents is 1. The Labute approximate surface area is 137 Å². The lowest BCUT2D eigenvalue weighted by Gasteiger charge is -2.06. The Bertz CT molecular complexity index is 835. The Morgan fingerprint density at radius 1 is 1.00 bits per heavy atom. The number of hydrogen-bond acceptors (Lipinski definition) is 6. The van der Waals surface area contributed by atoms with Crippen molar-refractivity contribution in [2.24, 2.45) is 5.10 Å². The number of hydrazone groups is 1. The molecule has 0 fully saturated rings. The van der Waals surface area contributed by atoms with Crippen molar-refractivity contribution in [3.8, 4) is 0 Å². The lowest BCUT2D eigenvalue weighted by atomic mass is 10.1. The van der Waals surface area contributed by atoms with E-state index in [1.54, 1.807) is 0 Å². The van der Waals surface area contributed by atoms with Crippen LogP contribution in [0.15, 0.2) is 47.6 Å². The molecular formula is C14H9F3N4O4. The molecule has 0 bridgehead atoms. The second-order valence-corrected chi connectivity index (χ2v) is 4.71. The summed E-state index contributed by atoms with van der Waals surface area (Å²) in [6.07, 6.45) is -3.29. The first-order valence-corrected chi connectivity index (χ1v) is 6.57. The molecule has 11 heteroatoms. The average Bonchev–Trinajstić information content (AvgIpc) is 2.54. The molecule has 0 atom stereocenters. The van der Waals surface area contributed by atoms with Gasteiger partial charge < -0.3 is 0 Å². The molecule has 130 valence electrons. The van der Waals surface area contributed by atoms with E-state index in [0.29, 0.717) is 5.56 Å². The quantitative estimate of drug-likeness (QED) is 0.496. The van der Waals surface area contributed by atoms with Crippen LogP contribution in [-0.2, 0) is 6.18 Å². The van der Waals surface area contributed by atoms with Crippen LogP contribution >= 0.6 is 0 Å². The van der Waals surface area contributed by atoms with Crippen LogP contribution < -0.4 is 5.43 Å². The zero-order valence-electron chi connectivity index (χ0n) is 12.2. The third-order valence-corrected chi connectivity index (χ3v) is 3.03. The topological polar surface area (TPSA) is 111 Å². The molecule has 2 aromatic carbocycles. The fourth-order valence-corrected chi connectivity index (χ4v) is 1.81. The minimum atomic E-state index is -4.45. The second-order valence-electron chi connectivity index (χ2n) is 4.71. The van der Waals surface area contributed by atoms with Crippen LogP contribution in [0.1, 0.15) is 11.1 Å². The predicted octanol–water partition coefficient (Wildman–Crippen LogP) is 3.97. The molecule has 2 rings (SSSR count).